The van der Waals surface area contributed by atoms with Crippen LogP contribution in [0.4, 0.5) is 0 Å². The van der Waals surface area contributed by atoms with Crippen molar-refractivity contribution in [1.29, 1.82) is 5.26 Å². The lowest BCUT2D eigenvalue weighted by atomic mass is 9.98. The van der Waals surface area contributed by atoms with Crippen LogP contribution in [-0.4, -0.2) is 11.7 Å². The summed E-state index contributed by atoms with van der Waals surface area (Å²) in [6.07, 6.45) is 1.67. The number of fused-ring (bicyclic) bond motifs is 1. The van der Waals surface area contributed by atoms with Gasteiger partial charge in [-0.2, -0.15) is 5.26 Å². The number of benzene rings is 2. The zero-order valence-electron chi connectivity index (χ0n) is 12.1. The molecule has 1 heterocycles. The van der Waals surface area contributed by atoms with Gasteiger partial charge in [-0.3, -0.25) is 10.1 Å². The summed E-state index contributed by atoms with van der Waals surface area (Å²) in [4.78, 5) is 16.9. The summed E-state index contributed by atoms with van der Waals surface area (Å²) in [6.45, 7) is 0. The molecule has 112 valence electrons. The molecule has 0 saturated heterocycles. The zero-order valence-corrected chi connectivity index (χ0v) is 12.1. The van der Waals surface area contributed by atoms with Crippen LogP contribution in [-0.2, 0) is 4.79 Å². The number of nitrogens with one attached hydrogen (secondary N) is 2. The molecule has 1 aliphatic heterocycles. The summed E-state index contributed by atoms with van der Waals surface area (Å²) in [6, 6.07) is 16.5. The van der Waals surface area contributed by atoms with Crippen molar-refractivity contribution in [2.45, 2.75) is 0 Å². The third-order valence-corrected chi connectivity index (χ3v) is 3.49. The molecule has 0 atom stereocenters. The smallest absolute Gasteiger partial charge is 0.267 e. The van der Waals surface area contributed by atoms with Crippen LogP contribution < -0.4 is 16.6 Å². The maximum Gasteiger partial charge on any atom is 0.267 e. The van der Waals surface area contributed by atoms with E-state index in [1.165, 1.54) is 0 Å². The van der Waals surface area contributed by atoms with Crippen LogP contribution in [0.1, 0.15) is 16.7 Å². The molecule has 0 bridgehead atoms. The maximum absolute atomic E-state index is 12.4. The fourth-order valence-corrected chi connectivity index (χ4v) is 2.52. The number of amidine groups is 1. The Morgan fingerprint density at radius 3 is 2.35 bits per heavy atom. The lowest BCUT2D eigenvalue weighted by Crippen LogP contribution is -2.29. The number of nitrogens with zero attached hydrogens (tertiary/aromatic N) is 2. The second kappa shape index (κ2) is 6.13. The molecule has 23 heavy (non-hydrogen) atoms. The predicted molar refractivity (Wildman–Crippen MR) is 87.3 cm³/mol. The van der Waals surface area contributed by atoms with Crippen LogP contribution in [0, 0.1) is 11.5 Å². The van der Waals surface area contributed by atoms with Gasteiger partial charge in [-0.15, -0.1) is 0 Å². The van der Waals surface area contributed by atoms with E-state index in [-0.39, 0.29) is 0 Å². The molecule has 0 radical (unpaired) electrons. The van der Waals surface area contributed by atoms with Crippen LogP contribution in [0.5, 0.6) is 0 Å². The van der Waals surface area contributed by atoms with Crippen molar-refractivity contribution < 1.29 is 4.79 Å². The normalized spacial score (nSPS) is 14.3. The Hall–Kier alpha value is -3.43. The fraction of sp³-hybridized carbons (Fsp3) is 0. The Balaban J connectivity index is 2.28. The minimum absolute atomic E-state index is 0.324. The third kappa shape index (κ3) is 2.57. The summed E-state index contributed by atoms with van der Waals surface area (Å²) in [5, 5.41) is 11.0. The molecule has 0 aromatic heterocycles. The van der Waals surface area contributed by atoms with Gasteiger partial charge in [0.05, 0.1) is 11.3 Å². The highest BCUT2D eigenvalue weighted by Gasteiger charge is 2.26. The number of carbonyl (C=O) groups excluding carboxylic acids is 1. The Morgan fingerprint density at radius 1 is 1.04 bits per heavy atom. The highest BCUT2D eigenvalue weighted by Crippen LogP contribution is 2.34. The van der Waals surface area contributed by atoms with Gasteiger partial charge in [0.25, 0.3) is 5.91 Å². The topological polar surface area (TPSA) is 103 Å². The SMILES string of the molecule is N#CNC(=O)C(=C1N=C(NN)c2ccccc21)c1ccccc1. The van der Waals surface area contributed by atoms with Crippen molar-refractivity contribution in [1.82, 2.24) is 10.7 Å². The molecular formula is C17H13N5O. The van der Waals surface area contributed by atoms with Crippen LogP contribution in [0.15, 0.2) is 59.6 Å². The minimum atomic E-state index is -0.509. The molecule has 0 fully saturated rings. The van der Waals surface area contributed by atoms with Gasteiger partial charge in [0.1, 0.15) is 5.84 Å². The average molecular weight is 303 g/mol. The largest absolute Gasteiger partial charge is 0.308 e. The number of hydrazine groups is 1. The van der Waals surface area contributed by atoms with Crippen molar-refractivity contribution in [3.8, 4) is 6.19 Å². The highest BCUT2D eigenvalue weighted by atomic mass is 16.1. The van der Waals surface area contributed by atoms with Gasteiger partial charge in [0.15, 0.2) is 6.19 Å². The van der Waals surface area contributed by atoms with E-state index in [2.05, 4.69) is 15.7 Å². The zero-order chi connectivity index (χ0) is 16.2. The summed E-state index contributed by atoms with van der Waals surface area (Å²) >= 11 is 0. The van der Waals surface area contributed by atoms with Gasteiger partial charge in [0.2, 0.25) is 0 Å². The summed E-state index contributed by atoms with van der Waals surface area (Å²) in [7, 11) is 0. The average Bonchev–Trinajstić information content (AvgIpc) is 2.95. The monoisotopic (exact) mass is 303 g/mol. The molecule has 2 aromatic rings. The van der Waals surface area contributed by atoms with E-state index in [0.717, 1.165) is 11.1 Å². The number of aliphatic imine (C=N–C) groups is 1. The molecule has 6 heteroatoms. The van der Waals surface area contributed by atoms with E-state index < -0.39 is 5.91 Å². The molecule has 3 rings (SSSR count). The standard InChI is InChI=1S/C17H13N5O/c18-10-20-17(23)14(11-6-2-1-3-7-11)15-12-8-4-5-9-13(12)16(21-15)22-19/h1-9H,19H2,(H,20,23)(H,21,22). The molecule has 0 spiro atoms. The van der Waals surface area contributed by atoms with Crippen molar-refractivity contribution in [2.24, 2.45) is 10.8 Å². The number of carbonyl (C=O) groups is 1. The molecule has 2 aromatic carbocycles. The van der Waals surface area contributed by atoms with Gasteiger partial charge in [-0.05, 0) is 5.56 Å². The lowest BCUT2D eigenvalue weighted by Gasteiger charge is -2.09. The molecule has 0 aliphatic carbocycles. The Kier molecular flexibility index (Phi) is 3.87. The van der Waals surface area contributed by atoms with E-state index in [4.69, 9.17) is 11.1 Å². The second-order valence-corrected chi connectivity index (χ2v) is 4.81. The summed E-state index contributed by atoms with van der Waals surface area (Å²) in [5.74, 6) is 5.50. The van der Waals surface area contributed by atoms with Gasteiger partial charge in [-0.1, -0.05) is 54.6 Å². The van der Waals surface area contributed by atoms with Crippen molar-refractivity contribution >= 4 is 23.0 Å². The van der Waals surface area contributed by atoms with E-state index in [1.807, 2.05) is 42.5 Å². The third-order valence-electron chi connectivity index (χ3n) is 3.49. The fourth-order valence-electron chi connectivity index (χ4n) is 2.52. The molecule has 1 aliphatic rings. The van der Waals surface area contributed by atoms with E-state index in [0.29, 0.717) is 22.7 Å². The first-order valence-electron chi connectivity index (χ1n) is 6.90. The summed E-state index contributed by atoms with van der Waals surface area (Å²) < 4.78 is 0. The lowest BCUT2D eigenvalue weighted by molar-refractivity contribution is -0.114. The van der Waals surface area contributed by atoms with Gasteiger partial charge in [-0.25, -0.2) is 10.8 Å². The first-order valence-corrected chi connectivity index (χ1v) is 6.90. The van der Waals surface area contributed by atoms with Crippen molar-refractivity contribution in [3.63, 3.8) is 0 Å². The molecule has 6 nitrogen and oxygen atoms in total. The molecule has 0 unspecified atom stereocenters. The molecule has 4 N–H and O–H groups in total. The first-order chi connectivity index (χ1) is 11.3. The van der Waals surface area contributed by atoms with Crippen LogP contribution >= 0.6 is 0 Å². The number of hydrogen-bond acceptors (Lipinski definition) is 5. The number of hydrogen-bond donors (Lipinski definition) is 3. The van der Waals surface area contributed by atoms with Gasteiger partial charge >= 0.3 is 0 Å². The van der Waals surface area contributed by atoms with Crippen LogP contribution in [0.3, 0.4) is 0 Å². The second-order valence-electron chi connectivity index (χ2n) is 4.81. The van der Waals surface area contributed by atoms with Gasteiger partial charge < -0.3 is 5.43 Å². The van der Waals surface area contributed by atoms with E-state index in [9.17, 15) is 4.79 Å². The van der Waals surface area contributed by atoms with Gasteiger partial charge in [0, 0.05) is 11.1 Å². The summed E-state index contributed by atoms with van der Waals surface area (Å²) in [5.41, 5.74) is 5.62. The predicted octanol–water partition coefficient (Wildman–Crippen LogP) is 1.38. The van der Waals surface area contributed by atoms with Crippen molar-refractivity contribution in [3.05, 3.63) is 71.3 Å². The van der Waals surface area contributed by atoms with E-state index in [1.54, 1.807) is 18.3 Å². The quantitative estimate of drug-likeness (QED) is 0.256. The van der Waals surface area contributed by atoms with Crippen LogP contribution in [0.25, 0.3) is 11.3 Å². The molecule has 0 saturated carbocycles. The van der Waals surface area contributed by atoms with E-state index >= 15 is 0 Å². The highest BCUT2D eigenvalue weighted by molar-refractivity contribution is 6.30. The minimum Gasteiger partial charge on any atom is -0.308 e. The molecule has 1 amide bonds. The first kappa shape index (κ1) is 14.5. The Morgan fingerprint density at radius 2 is 1.70 bits per heavy atom. The van der Waals surface area contributed by atoms with Crippen molar-refractivity contribution in [2.75, 3.05) is 0 Å². The number of nitriles is 1. The number of amides is 1. The maximum atomic E-state index is 12.4. The number of rotatable bonds is 2. The van der Waals surface area contributed by atoms with Crippen LogP contribution in [0.2, 0.25) is 0 Å². The Labute approximate surface area is 132 Å². The number of nitrogens with two attached hydrogens (primary N) is 1. The molecular weight excluding hydrogens is 290 g/mol. The Bertz CT molecular complexity index is 862.